The summed E-state index contributed by atoms with van der Waals surface area (Å²) in [5.41, 5.74) is 1.60. The predicted octanol–water partition coefficient (Wildman–Crippen LogP) is 3.22. The van der Waals surface area contributed by atoms with E-state index in [-0.39, 0.29) is 11.9 Å². The molecule has 0 spiro atoms. The molecule has 1 saturated carbocycles. The molecule has 0 saturated heterocycles. The highest BCUT2D eigenvalue weighted by Crippen LogP contribution is 2.22. The number of halogens is 1. The summed E-state index contributed by atoms with van der Waals surface area (Å²) >= 11 is 5.99. The third-order valence-electron chi connectivity index (χ3n) is 4.11. The summed E-state index contributed by atoms with van der Waals surface area (Å²) in [4.78, 5) is 12.3. The Balaban J connectivity index is 1.71. The van der Waals surface area contributed by atoms with Crippen molar-refractivity contribution in [3.63, 3.8) is 0 Å². The molecule has 5 nitrogen and oxygen atoms in total. The molecule has 1 heterocycles. The second-order valence-corrected chi connectivity index (χ2v) is 6.20. The van der Waals surface area contributed by atoms with E-state index in [1.807, 2.05) is 31.2 Å². The third-order valence-corrected chi connectivity index (χ3v) is 4.34. The highest BCUT2D eigenvalue weighted by atomic mass is 35.5. The van der Waals surface area contributed by atoms with E-state index in [1.165, 1.54) is 12.8 Å². The lowest BCUT2D eigenvalue weighted by molar-refractivity contribution is -0.124. The van der Waals surface area contributed by atoms with Gasteiger partial charge in [0.05, 0.1) is 6.20 Å². The number of carbonyl (C=O) groups is 1. The van der Waals surface area contributed by atoms with Crippen LogP contribution in [0, 0.1) is 0 Å². The predicted molar refractivity (Wildman–Crippen MR) is 85.6 cm³/mol. The number of carbonyl (C=O) groups excluding carboxylic acids is 1. The largest absolute Gasteiger partial charge is 0.352 e. The Morgan fingerprint density at radius 1 is 1.41 bits per heavy atom. The molecule has 1 aliphatic carbocycles. The number of aromatic nitrogens is 3. The number of nitrogens with one attached hydrogen (secondary N) is 1. The number of hydrogen-bond donors (Lipinski definition) is 1. The van der Waals surface area contributed by atoms with Gasteiger partial charge in [-0.2, -0.15) is 0 Å². The smallest absolute Gasteiger partial charge is 0.244 e. The number of hydrogen-bond acceptors (Lipinski definition) is 3. The molecule has 1 aliphatic rings. The standard InChI is InChI=1S/C16H19ClN4O/c1-11(16(22)18-14-7-2-3-8-14)21-10-15(19-20-21)12-5-4-6-13(17)9-12/h4-6,9-11,14H,2-3,7-8H2,1H3,(H,18,22). The van der Waals surface area contributed by atoms with Crippen molar-refractivity contribution in [1.29, 1.82) is 0 Å². The van der Waals surface area contributed by atoms with Gasteiger partial charge >= 0.3 is 0 Å². The van der Waals surface area contributed by atoms with Crippen LogP contribution in [0.4, 0.5) is 0 Å². The first-order valence-corrected chi connectivity index (χ1v) is 7.99. The van der Waals surface area contributed by atoms with Crippen LogP contribution in [0.5, 0.6) is 0 Å². The summed E-state index contributed by atoms with van der Waals surface area (Å²) in [6.07, 6.45) is 6.32. The van der Waals surface area contributed by atoms with Crippen molar-refractivity contribution in [2.24, 2.45) is 0 Å². The Morgan fingerprint density at radius 3 is 2.91 bits per heavy atom. The van der Waals surface area contributed by atoms with Crippen LogP contribution in [-0.4, -0.2) is 26.9 Å². The Hall–Kier alpha value is -1.88. The fourth-order valence-electron chi connectivity index (χ4n) is 2.76. The Kier molecular flexibility index (Phi) is 4.43. The summed E-state index contributed by atoms with van der Waals surface area (Å²) < 4.78 is 1.60. The topological polar surface area (TPSA) is 59.8 Å². The van der Waals surface area contributed by atoms with Crippen molar-refractivity contribution < 1.29 is 4.79 Å². The SMILES string of the molecule is CC(C(=O)NC1CCCC1)n1cc(-c2cccc(Cl)c2)nn1. The van der Waals surface area contributed by atoms with E-state index in [2.05, 4.69) is 15.6 Å². The second-order valence-electron chi connectivity index (χ2n) is 5.76. The molecule has 1 aromatic carbocycles. The molecular weight excluding hydrogens is 300 g/mol. The van der Waals surface area contributed by atoms with Crippen molar-refractivity contribution >= 4 is 17.5 Å². The minimum absolute atomic E-state index is 0.00514. The fourth-order valence-corrected chi connectivity index (χ4v) is 2.95. The normalized spacial score (nSPS) is 16.6. The summed E-state index contributed by atoms with van der Waals surface area (Å²) in [5, 5.41) is 12.0. The van der Waals surface area contributed by atoms with Gasteiger partial charge in [-0.15, -0.1) is 5.10 Å². The van der Waals surface area contributed by atoms with E-state index in [4.69, 9.17) is 11.6 Å². The zero-order valence-corrected chi connectivity index (χ0v) is 13.3. The van der Waals surface area contributed by atoms with Crippen LogP contribution in [0.25, 0.3) is 11.3 Å². The third kappa shape index (κ3) is 3.30. The van der Waals surface area contributed by atoms with Crippen LogP contribution in [0.3, 0.4) is 0 Å². The lowest BCUT2D eigenvalue weighted by Crippen LogP contribution is -2.37. The van der Waals surface area contributed by atoms with Crippen LogP contribution in [-0.2, 0) is 4.79 Å². The van der Waals surface area contributed by atoms with Crippen molar-refractivity contribution in [2.45, 2.75) is 44.7 Å². The lowest BCUT2D eigenvalue weighted by atomic mass is 10.2. The van der Waals surface area contributed by atoms with Gasteiger partial charge < -0.3 is 5.32 Å². The minimum atomic E-state index is -0.374. The van der Waals surface area contributed by atoms with E-state index in [1.54, 1.807) is 10.9 Å². The molecule has 6 heteroatoms. The van der Waals surface area contributed by atoms with Gasteiger partial charge in [-0.05, 0) is 31.9 Å². The number of nitrogens with zero attached hydrogens (tertiary/aromatic N) is 3. The van der Waals surface area contributed by atoms with Gasteiger partial charge in [-0.3, -0.25) is 4.79 Å². The molecule has 1 atom stereocenters. The van der Waals surface area contributed by atoms with E-state index in [0.29, 0.717) is 16.8 Å². The van der Waals surface area contributed by atoms with Gasteiger partial charge in [0.1, 0.15) is 11.7 Å². The average molecular weight is 319 g/mol. The van der Waals surface area contributed by atoms with Gasteiger partial charge in [-0.25, -0.2) is 4.68 Å². The molecule has 3 rings (SSSR count). The zero-order chi connectivity index (χ0) is 15.5. The molecule has 1 N–H and O–H groups in total. The maximum absolute atomic E-state index is 12.3. The van der Waals surface area contributed by atoms with Crippen LogP contribution < -0.4 is 5.32 Å². The Bertz CT molecular complexity index is 664. The molecule has 1 unspecified atom stereocenters. The minimum Gasteiger partial charge on any atom is -0.352 e. The molecular formula is C16H19ClN4O. The average Bonchev–Trinajstić information content (AvgIpc) is 3.17. The second kappa shape index (κ2) is 6.48. The van der Waals surface area contributed by atoms with E-state index >= 15 is 0 Å². The van der Waals surface area contributed by atoms with Gasteiger partial charge in [0.25, 0.3) is 0 Å². The zero-order valence-electron chi connectivity index (χ0n) is 12.5. The fraction of sp³-hybridized carbons (Fsp3) is 0.438. The maximum atomic E-state index is 12.3. The molecule has 0 bridgehead atoms. The first kappa shape index (κ1) is 15.0. The highest BCUT2D eigenvalue weighted by Gasteiger charge is 2.22. The van der Waals surface area contributed by atoms with Crippen LogP contribution in [0.2, 0.25) is 5.02 Å². The molecule has 2 aromatic rings. The summed E-state index contributed by atoms with van der Waals surface area (Å²) in [6, 6.07) is 7.37. The molecule has 1 amide bonds. The summed E-state index contributed by atoms with van der Waals surface area (Å²) in [7, 11) is 0. The molecule has 1 fully saturated rings. The van der Waals surface area contributed by atoms with Gasteiger partial charge in [0, 0.05) is 16.6 Å². The summed E-state index contributed by atoms with van der Waals surface area (Å²) in [5.74, 6) is -0.00514. The first-order chi connectivity index (χ1) is 10.6. The molecule has 1 aromatic heterocycles. The van der Waals surface area contributed by atoms with Crippen LogP contribution in [0.15, 0.2) is 30.5 Å². The lowest BCUT2D eigenvalue weighted by Gasteiger charge is -2.16. The van der Waals surface area contributed by atoms with Gasteiger partial charge in [0.2, 0.25) is 5.91 Å². The van der Waals surface area contributed by atoms with E-state index in [0.717, 1.165) is 18.4 Å². The molecule has 0 radical (unpaired) electrons. The monoisotopic (exact) mass is 318 g/mol. The van der Waals surface area contributed by atoms with Crippen LogP contribution in [0.1, 0.15) is 38.6 Å². The summed E-state index contributed by atoms with van der Waals surface area (Å²) in [6.45, 7) is 1.83. The van der Waals surface area contributed by atoms with Crippen molar-refractivity contribution in [3.8, 4) is 11.3 Å². The van der Waals surface area contributed by atoms with Crippen molar-refractivity contribution in [3.05, 3.63) is 35.5 Å². The maximum Gasteiger partial charge on any atom is 0.244 e. The Labute approximate surface area is 134 Å². The van der Waals surface area contributed by atoms with Crippen molar-refractivity contribution in [2.75, 3.05) is 0 Å². The first-order valence-electron chi connectivity index (χ1n) is 7.61. The highest BCUT2D eigenvalue weighted by molar-refractivity contribution is 6.30. The Morgan fingerprint density at radius 2 is 2.18 bits per heavy atom. The van der Waals surface area contributed by atoms with Crippen molar-refractivity contribution in [1.82, 2.24) is 20.3 Å². The quantitative estimate of drug-likeness (QED) is 0.941. The van der Waals surface area contributed by atoms with E-state index < -0.39 is 0 Å². The van der Waals surface area contributed by atoms with Crippen LogP contribution >= 0.6 is 11.6 Å². The molecule has 116 valence electrons. The molecule has 22 heavy (non-hydrogen) atoms. The number of amides is 1. The van der Waals surface area contributed by atoms with Gasteiger partial charge in [-0.1, -0.05) is 41.8 Å². The number of benzene rings is 1. The van der Waals surface area contributed by atoms with E-state index in [9.17, 15) is 4.79 Å². The number of rotatable bonds is 4. The molecule has 0 aliphatic heterocycles. The van der Waals surface area contributed by atoms with Gasteiger partial charge in [0.15, 0.2) is 0 Å².